The highest BCUT2D eigenvalue weighted by Crippen LogP contribution is 2.43. The van der Waals surface area contributed by atoms with Crippen molar-refractivity contribution >= 4 is 33.5 Å². The number of phenols is 1. The summed E-state index contributed by atoms with van der Waals surface area (Å²) in [6.07, 6.45) is 9.94. The Morgan fingerprint density at radius 2 is 2.08 bits per heavy atom. The summed E-state index contributed by atoms with van der Waals surface area (Å²) in [5.74, 6) is 0.718. The Kier molecular flexibility index (Phi) is 7.57. The van der Waals surface area contributed by atoms with E-state index in [0.29, 0.717) is 42.6 Å². The molecule has 254 valence electrons. The van der Waals surface area contributed by atoms with E-state index in [0.717, 1.165) is 32.2 Å². The van der Waals surface area contributed by atoms with Crippen LogP contribution in [0.15, 0.2) is 30.5 Å². The van der Waals surface area contributed by atoms with Crippen molar-refractivity contribution in [1.29, 1.82) is 0 Å². The number of fused-ring (bicyclic) bond motifs is 5. The first kappa shape index (κ1) is 31.6. The highest BCUT2D eigenvalue weighted by atomic mass is 19.1. The van der Waals surface area contributed by atoms with Crippen LogP contribution in [0.3, 0.4) is 0 Å². The minimum Gasteiger partial charge on any atom is -0.508 e. The number of carbonyl (C=O) groups is 1. The van der Waals surface area contributed by atoms with Crippen molar-refractivity contribution in [2.45, 2.75) is 61.8 Å². The smallest absolute Gasteiger partial charge is 0.319 e. The van der Waals surface area contributed by atoms with Crippen molar-refractivity contribution in [3.63, 3.8) is 0 Å². The van der Waals surface area contributed by atoms with E-state index in [9.17, 15) is 18.7 Å². The summed E-state index contributed by atoms with van der Waals surface area (Å²) < 4.78 is 57.7. The molecule has 4 atom stereocenters. The number of aromatic hydroxyl groups is 1. The SMILES string of the molecule is C#Cc1c(F)ccc2cc(O)cc(-c3ncc4c(N5CC6CCC(CC(=O)OC)(C5)N6)nc(OC[C@@]56CCCN5C[C@H](F)C6)nc4c3F)c12. The predicted molar refractivity (Wildman–Crippen MR) is 176 cm³/mol. The Hall–Kier alpha value is -4.67. The first-order valence-corrected chi connectivity index (χ1v) is 16.5. The molecule has 13 heteroatoms. The average molecular weight is 673 g/mol. The van der Waals surface area contributed by atoms with Crippen molar-refractivity contribution in [3.05, 3.63) is 47.7 Å². The third-order valence-electron chi connectivity index (χ3n) is 10.8. The first-order chi connectivity index (χ1) is 23.6. The molecule has 10 nitrogen and oxygen atoms in total. The number of esters is 1. The van der Waals surface area contributed by atoms with E-state index in [1.54, 1.807) is 0 Å². The van der Waals surface area contributed by atoms with Crippen LogP contribution in [-0.4, -0.2) is 94.1 Å². The maximum Gasteiger partial charge on any atom is 0.319 e. The molecule has 2 bridgehead atoms. The highest BCUT2D eigenvalue weighted by molar-refractivity contribution is 6.03. The van der Waals surface area contributed by atoms with Gasteiger partial charge in [-0.3, -0.25) is 14.7 Å². The van der Waals surface area contributed by atoms with Crippen molar-refractivity contribution < 1.29 is 32.5 Å². The number of terminal acetylenes is 1. The second kappa shape index (κ2) is 11.7. The molecule has 2 unspecified atom stereocenters. The number of carbonyl (C=O) groups excluding carboxylic acids is 1. The molecule has 4 fully saturated rings. The number of anilines is 1. The van der Waals surface area contributed by atoms with Crippen LogP contribution in [-0.2, 0) is 9.53 Å². The van der Waals surface area contributed by atoms with Gasteiger partial charge < -0.3 is 24.8 Å². The minimum atomic E-state index is -0.958. The van der Waals surface area contributed by atoms with Crippen LogP contribution < -0.4 is 15.0 Å². The summed E-state index contributed by atoms with van der Waals surface area (Å²) in [7, 11) is 1.36. The lowest BCUT2D eigenvalue weighted by atomic mass is 9.92. The molecule has 0 aliphatic carbocycles. The largest absolute Gasteiger partial charge is 0.508 e. The summed E-state index contributed by atoms with van der Waals surface area (Å²) in [6.45, 7) is 2.17. The molecule has 4 aromatic rings. The summed E-state index contributed by atoms with van der Waals surface area (Å²) >= 11 is 0. The number of hydrogen-bond acceptors (Lipinski definition) is 10. The van der Waals surface area contributed by atoms with Crippen LogP contribution in [0, 0.1) is 24.0 Å². The van der Waals surface area contributed by atoms with Crippen LogP contribution >= 0.6 is 0 Å². The average Bonchev–Trinajstić information content (AvgIpc) is 3.71. The fourth-order valence-electron chi connectivity index (χ4n) is 8.61. The molecule has 2 N–H and O–H groups in total. The first-order valence-electron chi connectivity index (χ1n) is 16.5. The molecule has 0 amide bonds. The van der Waals surface area contributed by atoms with E-state index in [4.69, 9.17) is 20.9 Å². The molecule has 4 saturated heterocycles. The number of phenolic OH excluding ortho intramolecular Hbond substituents is 1. The van der Waals surface area contributed by atoms with Gasteiger partial charge in [0, 0.05) is 54.8 Å². The summed E-state index contributed by atoms with van der Waals surface area (Å²) in [5, 5.41) is 15.1. The number of rotatable bonds is 7. The lowest BCUT2D eigenvalue weighted by molar-refractivity contribution is -0.142. The van der Waals surface area contributed by atoms with Gasteiger partial charge in [0.25, 0.3) is 0 Å². The number of benzene rings is 2. The van der Waals surface area contributed by atoms with E-state index < -0.39 is 28.9 Å². The second-order valence-electron chi connectivity index (χ2n) is 13.8. The Morgan fingerprint density at radius 3 is 2.90 bits per heavy atom. The zero-order chi connectivity index (χ0) is 34.1. The third kappa shape index (κ3) is 5.29. The molecule has 0 saturated carbocycles. The number of alkyl halides is 1. The van der Waals surface area contributed by atoms with Gasteiger partial charge in [0.15, 0.2) is 5.82 Å². The quantitative estimate of drug-likeness (QED) is 0.213. The van der Waals surface area contributed by atoms with Crippen molar-refractivity contribution in [3.8, 4) is 35.4 Å². The number of piperazine rings is 1. The Balaban J connectivity index is 1.27. The number of halogens is 3. The zero-order valence-electron chi connectivity index (χ0n) is 26.9. The molecule has 4 aliphatic heterocycles. The van der Waals surface area contributed by atoms with Gasteiger partial charge in [-0.2, -0.15) is 9.97 Å². The number of hydrogen-bond donors (Lipinski definition) is 2. The van der Waals surface area contributed by atoms with Crippen LogP contribution in [0.25, 0.3) is 32.9 Å². The third-order valence-corrected chi connectivity index (χ3v) is 10.8. The van der Waals surface area contributed by atoms with Gasteiger partial charge in [0.1, 0.15) is 41.4 Å². The standard InChI is InChI=1S/C36H35F3N6O4/c1-3-24-27(38)6-5-20-11-23(46)12-25(29(20)24)31-30(39)32-26(15-40-31)33(44-17-22-7-9-35(18-44,43-22)14-28(47)48-2)42-34(41-32)49-19-36-8-4-10-45(36)16-21(37)13-36/h1,5-6,11-12,15,21-22,43,46H,4,7-10,13-14,16-19H2,2H3/t21-,22?,35?,36+/m1/s1. The molecule has 2 aromatic carbocycles. The summed E-state index contributed by atoms with van der Waals surface area (Å²) in [4.78, 5) is 30.4. The number of nitrogens with zero attached hydrogens (tertiary/aromatic N) is 5. The Bertz CT molecular complexity index is 2060. The lowest BCUT2D eigenvalue weighted by Crippen LogP contribution is -2.60. The van der Waals surface area contributed by atoms with Crippen LogP contribution in [0.5, 0.6) is 11.8 Å². The predicted octanol–water partition coefficient (Wildman–Crippen LogP) is 4.64. The summed E-state index contributed by atoms with van der Waals surface area (Å²) in [6, 6.07) is 5.34. The second-order valence-corrected chi connectivity index (χ2v) is 13.8. The fraction of sp³-hybridized carbons (Fsp3) is 0.444. The molecule has 8 rings (SSSR count). The monoisotopic (exact) mass is 672 g/mol. The van der Waals surface area contributed by atoms with Gasteiger partial charge in [-0.1, -0.05) is 12.0 Å². The Labute approximate surface area is 280 Å². The zero-order valence-corrected chi connectivity index (χ0v) is 26.9. The molecule has 0 spiro atoms. The minimum absolute atomic E-state index is 0.0477. The molecule has 6 heterocycles. The van der Waals surface area contributed by atoms with E-state index >= 15 is 4.39 Å². The topological polar surface area (TPSA) is 113 Å². The molecular formula is C36H35F3N6O4. The van der Waals surface area contributed by atoms with E-state index in [-0.39, 0.29) is 64.5 Å². The molecular weight excluding hydrogens is 637 g/mol. The number of nitrogens with one attached hydrogen (secondary N) is 1. The van der Waals surface area contributed by atoms with Crippen LogP contribution in [0.2, 0.25) is 0 Å². The van der Waals surface area contributed by atoms with Crippen molar-refractivity contribution in [1.82, 2.24) is 25.2 Å². The van der Waals surface area contributed by atoms with Crippen molar-refractivity contribution in [2.75, 3.05) is 44.8 Å². The van der Waals surface area contributed by atoms with Gasteiger partial charge in [0.05, 0.1) is 30.0 Å². The van der Waals surface area contributed by atoms with Gasteiger partial charge in [-0.05, 0) is 55.8 Å². The van der Waals surface area contributed by atoms with Gasteiger partial charge in [-0.15, -0.1) is 6.42 Å². The number of pyridine rings is 1. The van der Waals surface area contributed by atoms with Crippen LogP contribution in [0.4, 0.5) is 19.0 Å². The maximum absolute atomic E-state index is 17.0. The number of methoxy groups -OCH3 is 1. The van der Waals surface area contributed by atoms with E-state index in [2.05, 4.69) is 26.1 Å². The van der Waals surface area contributed by atoms with Crippen molar-refractivity contribution in [2.24, 2.45) is 0 Å². The van der Waals surface area contributed by atoms with Gasteiger partial charge >= 0.3 is 12.0 Å². The molecule has 4 aliphatic rings. The van der Waals surface area contributed by atoms with E-state index in [1.165, 1.54) is 37.6 Å². The van der Waals surface area contributed by atoms with Crippen LogP contribution in [0.1, 0.15) is 44.1 Å². The normalized spacial score (nSPS) is 26.3. The van der Waals surface area contributed by atoms with Gasteiger partial charge in [0.2, 0.25) is 0 Å². The summed E-state index contributed by atoms with van der Waals surface area (Å²) in [5.41, 5.74) is -1.33. The maximum atomic E-state index is 17.0. The van der Waals surface area contributed by atoms with E-state index in [1.807, 2.05) is 4.90 Å². The Morgan fingerprint density at radius 1 is 1.22 bits per heavy atom. The number of ether oxygens (including phenoxy) is 2. The molecule has 2 aromatic heterocycles. The molecule has 49 heavy (non-hydrogen) atoms. The fourth-order valence-corrected chi connectivity index (χ4v) is 8.61. The lowest BCUT2D eigenvalue weighted by Gasteiger charge is -2.41. The molecule has 0 radical (unpaired) electrons. The highest BCUT2D eigenvalue weighted by Gasteiger charge is 2.50. The van der Waals surface area contributed by atoms with Gasteiger partial charge in [-0.25, -0.2) is 13.2 Å². The number of aromatic nitrogens is 3.